The normalized spacial score (nSPS) is 39.8. The van der Waals surface area contributed by atoms with Crippen LogP contribution < -0.4 is 11.1 Å². The third kappa shape index (κ3) is 1.55. The Kier molecular flexibility index (Phi) is 1.87. The molecule has 11 heavy (non-hydrogen) atoms. The largest absolute Gasteiger partial charge is 0.328 e. The van der Waals surface area contributed by atoms with Gasteiger partial charge >= 0.3 is 0 Å². The van der Waals surface area contributed by atoms with Crippen molar-refractivity contribution in [2.45, 2.75) is 31.0 Å². The quantitative estimate of drug-likeness (QED) is 0.558. The van der Waals surface area contributed by atoms with E-state index in [9.17, 15) is 0 Å². The maximum absolute atomic E-state index is 5.68. The highest BCUT2D eigenvalue weighted by molar-refractivity contribution is 4.93. The zero-order valence-corrected chi connectivity index (χ0v) is 7.09. The van der Waals surface area contributed by atoms with Crippen molar-refractivity contribution in [3.8, 4) is 0 Å². The molecule has 0 spiro atoms. The number of nitrogens with two attached hydrogens (primary N) is 1. The summed E-state index contributed by atoms with van der Waals surface area (Å²) in [7, 11) is 2.16. The summed E-state index contributed by atoms with van der Waals surface area (Å²) in [6, 6.07) is 1.95. The first-order valence-corrected chi connectivity index (χ1v) is 4.44. The Morgan fingerprint density at radius 3 is 2.36 bits per heavy atom. The molecular weight excluding hydrogens is 138 g/mol. The predicted octanol–water partition coefficient (Wildman–Crippen LogP) is -0.620. The topological polar surface area (TPSA) is 41.3 Å². The number of rotatable bonds is 2. The van der Waals surface area contributed by atoms with E-state index in [0.717, 1.165) is 12.1 Å². The fourth-order valence-electron chi connectivity index (χ4n) is 1.94. The van der Waals surface area contributed by atoms with Gasteiger partial charge < -0.3 is 16.0 Å². The van der Waals surface area contributed by atoms with Gasteiger partial charge in [0.25, 0.3) is 0 Å². The predicted molar refractivity (Wildman–Crippen MR) is 45.4 cm³/mol. The molecule has 2 fully saturated rings. The Hall–Kier alpha value is -0.120. The molecule has 0 unspecified atom stereocenters. The van der Waals surface area contributed by atoms with Crippen molar-refractivity contribution in [1.29, 1.82) is 0 Å². The minimum atomic E-state index is 0.477. The molecule has 0 amide bonds. The van der Waals surface area contributed by atoms with Gasteiger partial charge in [0.1, 0.15) is 0 Å². The molecule has 1 aliphatic heterocycles. The van der Waals surface area contributed by atoms with Crippen molar-refractivity contribution >= 4 is 0 Å². The van der Waals surface area contributed by atoms with Crippen molar-refractivity contribution in [2.24, 2.45) is 5.73 Å². The summed E-state index contributed by atoms with van der Waals surface area (Å²) in [5.41, 5.74) is 5.68. The second kappa shape index (κ2) is 2.73. The van der Waals surface area contributed by atoms with Gasteiger partial charge in [-0.05, 0) is 19.9 Å². The standard InChI is InChI=1S/C8H17N3/c1-11-4-8(5-11)10-7-2-6(9)3-7/h6-8,10H,2-5,9H2,1H3. The fraction of sp³-hybridized carbons (Fsp3) is 1.00. The van der Waals surface area contributed by atoms with Gasteiger partial charge in [0, 0.05) is 31.2 Å². The maximum Gasteiger partial charge on any atom is 0.0324 e. The summed E-state index contributed by atoms with van der Waals surface area (Å²) < 4.78 is 0. The van der Waals surface area contributed by atoms with E-state index in [4.69, 9.17) is 5.73 Å². The number of nitrogens with one attached hydrogen (secondary N) is 1. The van der Waals surface area contributed by atoms with Crippen LogP contribution in [0, 0.1) is 0 Å². The number of likely N-dealkylation sites (N-methyl/N-ethyl adjacent to an activating group) is 1. The summed E-state index contributed by atoms with van der Waals surface area (Å²) in [6.07, 6.45) is 2.36. The van der Waals surface area contributed by atoms with Crippen LogP contribution in [0.1, 0.15) is 12.8 Å². The van der Waals surface area contributed by atoms with Gasteiger partial charge in [-0.2, -0.15) is 0 Å². The lowest BCUT2D eigenvalue weighted by Crippen LogP contribution is -2.62. The van der Waals surface area contributed by atoms with Crippen molar-refractivity contribution in [2.75, 3.05) is 20.1 Å². The highest BCUT2D eigenvalue weighted by Crippen LogP contribution is 2.19. The van der Waals surface area contributed by atoms with E-state index in [1.807, 2.05) is 0 Å². The molecule has 3 nitrogen and oxygen atoms in total. The first-order chi connectivity index (χ1) is 5.24. The van der Waals surface area contributed by atoms with Gasteiger partial charge in [0.05, 0.1) is 0 Å². The highest BCUT2D eigenvalue weighted by atomic mass is 15.2. The smallest absolute Gasteiger partial charge is 0.0324 e. The molecule has 2 aliphatic rings. The fourth-order valence-corrected chi connectivity index (χ4v) is 1.94. The Bertz CT molecular complexity index is 120. The van der Waals surface area contributed by atoms with E-state index in [0.29, 0.717) is 6.04 Å². The lowest BCUT2D eigenvalue weighted by atomic mass is 9.86. The minimum absolute atomic E-state index is 0.477. The van der Waals surface area contributed by atoms with Crippen LogP contribution in [0.5, 0.6) is 0 Å². The molecule has 0 aromatic carbocycles. The van der Waals surface area contributed by atoms with Crippen molar-refractivity contribution in [3.63, 3.8) is 0 Å². The molecule has 0 radical (unpaired) electrons. The summed E-state index contributed by atoms with van der Waals surface area (Å²) in [5, 5.41) is 3.59. The monoisotopic (exact) mass is 155 g/mol. The van der Waals surface area contributed by atoms with E-state index in [1.54, 1.807) is 0 Å². The number of nitrogens with zero attached hydrogens (tertiary/aromatic N) is 1. The van der Waals surface area contributed by atoms with Crippen LogP contribution in [0.3, 0.4) is 0 Å². The molecule has 0 bridgehead atoms. The number of hydrogen-bond acceptors (Lipinski definition) is 3. The van der Waals surface area contributed by atoms with Gasteiger partial charge in [0.2, 0.25) is 0 Å². The minimum Gasteiger partial charge on any atom is -0.328 e. The highest BCUT2D eigenvalue weighted by Gasteiger charge is 2.31. The molecule has 2 rings (SSSR count). The second-order valence-corrected chi connectivity index (χ2v) is 4.01. The molecule has 0 aromatic rings. The third-order valence-electron chi connectivity index (χ3n) is 2.71. The second-order valence-electron chi connectivity index (χ2n) is 4.01. The third-order valence-corrected chi connectivity index (χ3v) is 2.71. The summed E-state index contributed by atoms with van der Waals surface area (Å²) >= 11 is 0. The molecule has 64 valence electrons. The molecule has 1 aliphatic carbocycles. The van der Waals surface area contributed by atoms with Crippen LogP contribution in [0.2, 0.25) is 0 Å². The van der Waals surface area contributed by atoms with E-state index in [1.165, 1.54) is 25.9 Å². The average Bonchev–Trinajstić information content (AvgIpc) is 1.81. The van der Waals surface area contributed by atoms with Gasteiger partial charge in [-0.25, -0.2) is 0 Å². The van der Waals surface area contributed by atoms with E-state index >= 15 is 0 Å². The zero-order valence-electron chi connectivity index (χ0n) is 7.09. The molecule has 3 heteroatoms. The van der Waals surface area contributed by atoms with Crippen molar-refractivity contribution in [3.05, 3.63) is 0 Å². The molecule has 1 saturated heterocycles. The van der Waals surface area contributed by atoms with Crippen molar-refractivity contribution < 1.29 is 0 Å². The van der Waals surface area contributed by atoms with E-state index in [-0.39, 0.29) is 0 Å². The average molecular weight is 155 g/mol. The Morgan fingerprint density at radius 2 is 1.91 bits per heavy atom. The van der Waals surface area contributed by atoms with Crippen LogP contribution in [0.4, 0.5) is 0 Å². The molecule has 3 N–H and O–H groups in total. The van der Waals surface area contributed by atoms with Crippen LogP contribution in [-0.2, 0) is 0 Å². The SMILES string of the molecule is CN1CC(NC2CC(N)C2)C1. The van der Waals surface area contributed by atoms with Gasteiger partial charge in [-0.3, -0.25) is 0 Å². The van der Waals surface area contributed by atoms with Gasteiger partial charge in [-0.15, -0.1) is 0 Å². The lowest BCUT2D eigenvalue weighted by Gasteiger charge is -2.43. The summed E-state index contributed by atoms with van der Waals surface area (Å²) in [5.74, 6) is 0. The first kappa shape index (κ1) is 7.53. The van der Waals surface area contributed by atoms with Crippen LogP contribution in [-0.4, -0.2) is 43.2 Å². The molecule has 0 aromatic heterocycles. The maximum atomic E-state index is 5.68. The lowest BCUT2D eigenvalue weighted by molar-refractivity contribution is 0.129. The van der Waals surface area contributed by atoms with Crippen LogP contribution >= 0.6 is 0 Å². The van der Waals surface area contributed by atoms with Gasteiger partial charge in [-0.1, -0.05) is 0 Å². The number of hydrogen-bond donors (Lipinski definition) is 2. The van der Waals surface area contributed by atoms with Crippen LogP contribution in [0.25, 0.3) is 0 Å². The Balaban J connectivity index is 1.61. The molecule has 1 saturated carbocycles. The Labute approximate surface area is 67.9 Å². The van der Waals surface area contributed by atoms with E-state index < -0.39 is 0 Å². The summed E-state index contributed by atoms with van der Waals surface area (Å²) in [6.45, 7) is 2.43. The zero-order chi connectivity index (χ0) is 7.84. The Morgan fingerprint density at radius 1 is 1.27 bits per heavy atom. The van der Waals surface area contributed by atoms with E-state index in [2.05, 4.69) is 17.3 Å². The summed E-state index contributed by atoms with van der Waals surface area (Å²) in [4.78, 5) is 2.33. The molecule has 0 atom stereocenters. The molecule has 1 heterocycles. The van der Waals surface area contributed by atoms with Crippen molar-refractivity contribution in [1.82, 2.24) is 10.2 Å². The van der Waals surface area contributed by atoms with Gasteiger partial charge in [0.15, 0.2) is 0 Å². The molecular formula is C8H17N3. The van der Waals surface area contributed by atoms with Crippen LogP contribution in [0.15, 0.2) is 0 Å². The first-order valence-electron chi connectivity index (χ1n) is 4.44. The number of likely N-dealkylation sites (tertiary alicyclic amines) is 1.